The molecule has 86 valence electrons. The van der Waals surface area contributed by atoms with Crippen LogP contribution in [0.1, 0.15) is 26.6 Å². The van der Waals surface area contributed by atoms with Crippen LogP contribution in [0, 0.1) is 5.82 Å². The summed E-state index contributed by atoms with van der Waals surface area (Å²) in [4.78, 5) is 0. The summed E-state index contributed by atoms with van der Waals surface area (Å²) in [7, 11) is 0. The van der Waals surface area contributed by atoms with E-state index in [2.05, 4.69) is 10.2 Å². The molecule has 0 amide bonds. The Morgan fingerprint density at radius 1 is 1.38 bits per heavy atom. The number of fused-ring (bicyclic) bond motifs is 1. The smallest absolute Gasteiger partial charge is 0.169 e. The molecule has 0 N–H and O–H groups in total. The SMILES string of the molecule is CCOC(C)(C)c1nnc2ccc(F)cn12. The third-order valence-corrected chi connectivity index (χ3v) is 2.41. The number of halogens is 1. The molecule has 2 rings (SSSR count). The molecule has 5 heteroatoms. The Morgan fingerprint density at radius 2 is 2.12 bits per heavy atom. The number of pyridine rings is 1. The second-order valence-electron chi connectivity index (χ2n) is 4.04. The van der Waals surface area contributed by atoms with Crippen molar-refractivity contribution in [3.63, 3.8) is 0 Å². The lowest BCUT2D eigenvalue weighted by molar-refractivity contribution is -0.0215. The quantitative estimate of drug-likeness (QED) is 0.800. The van der Waals surface area contributed by atoms with Gasteiger partial charge in [-0.2, -0.15) is 0 Å². The van der Waals surface area contributed by atoms with Crippen LogP contribution < -0.4 is 0 Å². The van der Waals surface area contributed by atoms with Crippen LogP contribution in [0.4, 0.5) is 4.39 Å². The fourth-order valence-electron chi connectivity index (χ4n) is 1.70. The lowest BCUT2D eigenvalue weighted by Crippen LogP contribution is -2.24. The normalized spacial score (nSPS) is 12.2. The highest BCUT2D eigenvalue weighted by Gasteiger charge is 2.26. The fourth-order valence-corrected chi connectivity index (χ4v) is 1.70. The molecule has 0 unspecified atom stereocenters. The van der Waals surface area contributed by atoms with Crippen molar-refractivity contribution in [3.8, 4) is 0 Å². The third-order valence-electron chi connectivity index (χ3n) is 2.41. The first kappa shape index (κ1) is 11.0. The van der Waals surface area contributed by atoms with Crippen molar-refractivity contribution in [1.82, 2.24) is 14.6 Å². The zero-order valence-corrected chi connectivity index (χ0v) is 9.57. The number of rotatable bonds is 3. The Bertz CT molecular complexity index is 507. The lowest BCUT2D eigenvalue weighted by Gasteiger charge is -2.22. The minimum atomic E-state index is -0.581. The van der Waals surface area contributed by atoms with E-state index in [1.165, 1.54) is 12.3 Å². The van der Waals surface area contributed by atoms with Gasteiger partial charge in [0.15, 0.2) is 11.5 Å². The Kier molecular flexibility index (Phi) is 2.63. The zero-order valence-electron chi connectivity index (χ0n) is 9.57. The zero-order chi connectivity index (χ0) is 11.8. The Labute approximate surface area is 93.1 Å². The van der Waals surface area contributed by atoms with Gasteiger partial charge in [0.2, 0.25) is 0 Å². The molecule has 0 spiro atoms. The van der Waals surface area contributed by atoms with Crippen molar-refractivity contribution >= 4 is 5.65 Å². The predicted octanol–water partition coefficient (Wildman–Crippen LogP) is 2.14. The number of hydrogen-bond donors (Lipinski definition) is 0. The van der Waals surface area contributed by atoms with Gasteiger partial charge in [-0.05, 0) is 32.9 Å². The van der Waals surface area contributed by atoms with Gasteiger partial charge < -0.3 is 4.74 Å². The lowest BCUT2D eigenvalue weighted by atomic mass is 10.1. The van der Waals surface area contributed by atoms with Crippen LogP contribution in [0.3, 0.4) is 0 Å². The molecular weight excluding hydrogens is 209 g/mol. The topological polar surface area (TPSA) is 39.4 Å². The number of aromatic nitrogens is 3. The van der Waals surface area contributed by atoms with Crippen LogP contribution in [-0.4, -0.2) is 21.2 Å². The Balaban J connectivity index is 2.56. The summed E-state index contributed by atoms with van der Waals surface area (Å²) < 4.78 is 20.3. The van der Waals surface area contributed by atoms with Gasteiger partial charge in [0.05, 0.1) is 0 Å². The van der Waals surface area contributed by atoms with E-state index >= 15 is 0 Å². The van der Waals surface area contributed by atoms with E-state index in [0.29, 0.717) is 18.1 Å². The first-order valence-electron chi connectivity index (χ1n) is 5.19. The second kappa shape index (κ2) is 3.83. The summed E-state index contributed by atoms with van der Waals surface area (Å²) in [6, 6.07) is 2.95. The van der Waals surface area contributed by atoms with Crippen LogP contribution in [0.2, 0.25) is 0 Å². The average molecular weight is 223 g/mol. The molecule has 4 nitrogen and oxygen atoms in total. The van der Waals surface area contributed by atoms with Crippen LogP contribution in [-0.2, 0) is 10.3 Å². The summed E-state index contributed by atoms with van der Waals surface area (Å²) >= 11 is 0. The first-order valence-corrected chi connectivity index (χ1v) is 5.19. The molecular formula is C11H14FN3O. The van der Waals surface area contributed by atoms with E-state index in [9.17, 15) is 4.39 Å². The van der Waals surface area contributed by atoms with Gasteiger partial charge in [0.25, 0.3) is 0 Å². The molecule has 0 saturated carbocycles. The Morgan fingerprint density at radius 3 is 2.81 bits per heavy atom. The van der Waals surface area contributed by atoms with Gasteiger partial charge in [-0.25, -0.2) is 4.39 Å². The molecule has 2 aromatic heterocycles. The monoisotopic (exact) mass is 223 g/mol. The fraction of sp³-hybridized carbons (Fsp3) is 0.455. The summed E-state index contributed by atoms with van der Waals surface area (Å²) in [6.07, 6.45) is 1.37. The minimum Gasteiger partial charge on any atom is -0.368 e. The highest BCUT2D eigenvalue weighted by Crippen LogP contribution is 2.23. The standard InChI is InChI=1S/C11H14FN3O/c1-4-16-11(2,3)10-14-13-9-6-5-8(12)7-15(9)10/h5-7H,4H2,1-3H3. The number of nitrogens with zero attached hydrogens (tertiary/aromatic N) is 3. The van der Waals surface area contributed by atoms with Gasteiger partial charge in [-0.3, -0.25) is 4.40 Å². The van der Waals surface area contributed by atoms with Crippen molar-refractivity contribution in [2.75, 3.05) is 6.61 Å². The molecule has 0 aliphatic heterocycles. The van der Waals surface area contributed by atoms with Gasteiger partial charge in [0.1, 0.15) is 11.4 Å². The van der Waals surface area contributed by atoms with Crippen molar-refractivity contribution in [3.05, 3.63) is 30.0 Å². The van der Waals surface area contributed by atoms with Gasteiger partial charge in [0, 0.05) is 12.8 Å². The molecule has 16 heavy (non-hydrogen) atoms. The van der Waals surface area contributed by atoms with Crippen LogP contribution in [0.25, 0.3) is 5.65 Å². The predicted molar refractivity (Wildman–Crippen MR) is 57.6 cm³/mol. The molecule has 0 aromatic carbocycles. The highest BCUT2D eigenvalue weighted by molar-refractivity contribution is 5.38. The minimum absolute atomic E-state index is 0.319. The first-order chi connectivity index (χ1) is 7.54. The van der Waals surface area contributed by atoms with Gasteiger partial charge in [-0.15, -0.1) is 10.2 Å². The van der Waals surface area contributed by atoms with Crippen molar-refractivity contribution in [2.24, 2.45) is 0 Å². The summed E-state index contributed by atoms with van der Waals surface area (Å²) in [6.45, 7) is 6.25. The van der Waals surface area contributed by atoms with E-state index in [4.69, 9.17) is 4.74 Å². The highest BCUT2D eigenvalue weighted by atomic mass is 19.1. The summed E-state index contributed by atoms with van der Waals surface area (Å²) in [5.74, 6) is 0.282. The molecule has 0 saturated heterocycles. The molecule has 0 aliphatic carbocycles. The van der Waals surface area contributed by atoms with Crippen LogP contribution in [0.15, 0.2) is 18.3 Å². The maximum atomic E-state index is 13.2. The van der Waals surface area contributed by atoms with Gasteiger partial charge >= 0.3 is 0 Å². The van der Waals surface area contributed by atoms with Crippen molar-refractivity contribution < 1.29 is 9.13 Å². The van der Waals surface area contributed by atoms with Crippen molar-refractivity contribution in [1.29, 1.82) is 0 Å². The molecule has 0 bridgehead atoms. The van der Waals surface area contributed by atoms with E-state index < -0.39 is 5.60 Å². The van der Waals surface area contributed by atoms with E-state index in [1.54, 1.807) is 10.5 Å². The molecule has 0 atom stereocenters. The number of ether oxygens (including phenoxy) is 1. The second-order valence-corrected chi connectivity index (χ2v) is 4.04. The maximum Gasteiger partial charge on any atom is 0.169 e. The van der Waals surface area contributed by atoms with E-state index in [-0.39, 0.29) is 5.82 Å². The number of hydrogen-bond acceptors (Lipinski definition) is 3. The largest absolute Gasteiger partial charge is 0.368 e. The summed E-state index contributed by atoms with van der Waals surface area (Å²) in [5.41, 5.74) is 0.0336. The molecule has 0 radical (unpaired) electrons. The molecule has 2 heterocycles. The average Bonchev–Trinajstić information content (AvgIpc) is 2.60. The maximum absolute atomic E-state index is 13.2. The van der Waals surface area contributed by atoms with Crippen LogP contribution >= 0.6 is 0 Å². The summed E-state index contributed by atoms with van der Waals surface area (Å²) in [5, 5.41) is 8.02. The molecule has 0 aliphatic rings. The molecule has 0 fully saturated rings. The van der Waals surface area contributed by atoms with Crippen LogP contribution in [0.5, 0.6) is 0 Å². The third kappa shape index (κ3) is 1.78. The Hall–Kier alpha value is -1.49. The van der Waals surface area contributed by atoms with Gasteiger partial charge in [-0.1, -0.05) is 0 Å². The molecule has 2 aromatic rings. The van der Waals surface area contributed by atoms with Crippen molar-refractivity contribution in [2.45, 2.75) is 26.4 Å². The van der Waals surface area contributed by atoms with E-state index in [0.717, 1.165) is 0 Å². The van der Waals surface area contributed by atoms with E-state index in [1.807, 2.05) is 20.8 Å².